The molecule has 87 heavy (non-hydrogen) atoms. The number of ketones is 1. The van der Waals surface area contributed by atoms with E-state index >= 15 is 0 Å². The van der Waals surface area contributed by atoms with Crippen LogP contribution in [0.3, 0.4) is 0 Å². The first-order valence-corrected chi connectivity index (χ1v) is 29.8. The normalized spacial score (nSPS) is 29.0. The van der Waals surface area contributed by atoms with Gasteiger partial charge in [-0.1, -0.05) is 59.8 Å². The molecule has 0 saturated carbocycles. The first-order chi connectivity index (χ1) is 41.0. The second-order valence-electron chi connectivity index (χ2n) is 24.9. The van der Waals surface area contributed by atoms with Crippen molar-refractivity contribution in [3.05, 3.63) is 91.8 Å². The number of esters is 1. The number of aliphatic hydroxyl groups excluding tert-OH is 2. The number of nitrogens with one attached hydrogen (secondary N) is 1. The zero-order valence-corrected chi connectivity index (χ0v) is 51.8. The van der Waals surface area contributed by atoms with E-state index in [1.54, 1.807) is 70.4 Å². The predicted octanol–water partition coefficient (Wildman–Crippen LogP) is 6.29. The van der Waals surface area contributed by atoms with Gasteiger partial charge in [-0.25, -0.2) is 9.18 Å². The molecule has 10 atom stereocenters. The first kappa shape index (κ1) is 64.0. The Labute approximate surface area is 504 Å². The molecule has 3 aromatic carbocycles. The summed E-state index contributed by atoms with van der Waals surface area (Å²) in [5.41, 5.74) is -0.796. The number of aromatic nitrogens is 1. The average molecular weight is 1210 g/mol. The number of rotatable bonds is 6. The standard InChI is InChI=1S/C46H62N4O11.C18H20FN3O4/c1-22(2)21-50-18-16-46(17-19-50)48-34-31-32-39(54)28(8)42-33(31)43(56)45(10,61-42)59-20-15-30(58-11)25(5)41(60-29(9)51)27(7)38(53)26(6)37(52)23(3)13-12-14-24(4)44(57)47-36(40(32)55)35(34)49-46;1-10-9-26-17-14-11(16(23)12(18(24)25)8-22(10)14)7-13(19)15(17)21-5-3-20(2)4-6-21/h12-15,20,22-23,25-27,30,37-38,41,52-55H,16-19,21H2,1-11H3,(H,47,57);7-8,10H,3-6,9H2,1-2H3,(H,24,25)/b13-12-,20-15-,24-14+;/t23-,25-,26+,27+,30-,37-,38+,41-,45-;10-/m00/s1. The lowest BCUT2D eigenvalue weighted by molar-refractivity contribution is -0.160. The van der Waals surface area contributed by atoms with Crippen molar-refractivity contribution in [2.45, 2.75) is 131 Å². The first-order valence-electron chi connectivity index (χ1n) is 29.8. The maximum atomic E-state index is 15.0. The summed E-state index contributed by atoms with van der Waals surface area (Å²) in [7, 11) is 3.48. The molecular formula is C64H82FN7O15. The summed E-state index contributed by atoms with van der Waals surface area (Å²) in [4.78, 5) is 81.8. The number of aromatic carboxylic acids is 1. The predicted molar refractivity (Wildman–Crippen MR) is 323 cm³/mol. The number of carbonyl (C=O) groups is 4. The van der Waals surface area contributed by atoms with E-state index in [1.165, 1.54) is 33.4 Å². The van der Waals surface area contributed by atoms with Gasteiger partial charge in [0.25, 0.3) is 11.7 Å². The number of piperidine rings is 1. The number of amides is 1. The molecule has 0 radical (unpaired) electrons. The highest BCUT2D eigenvalue weighted by Gasteiger charge is 2.50. The van der Waals surface area contributed by atoms with Gasteiger partial charge in [-0.3, -0.25) is 29.2 Å². The van der Waals surface area contributed by atoms with E-state index in [0.717, 1.165) is 25.7 Å². The quantitative estimate of drug-likeness (QED) is 0.0913. The molecule has 6 N–H and O–H groups in total. The van der Waals surface area contributed by atoms with Gasteiger partial charge in [0.1, 0.15) is 46.5 Å². The molecule has 1 amide bonds. The molecule has 0 unspecified atom stereocenters. The van der Waals surface area contributed by atoms with Gasteiger partial charge in [-0.2, -0.15) is 0 Å². The monoisotopic (exact) mass is 1210 g/mol. The number of hydrogen-bond donors (Lipinski definition) is 6. The zero-order valence-electron chi connectivity index (χ0n) is 51.8. The molecule has 22 nitrogen and oxygen atoms in total. The van der Waals surface area contributed by atoms with Crippen LogP contribution in [-0.4, -0.2) is 166 Å². The van der Waals surface area contributed by atoms with Gasteiger partial charge in [-0.15, -0.1) is 0 Å². The van der Waals surface area contributed by atoms with E-state index in [9.17, 15) is 53.9 Å². The van der Waals surface area contributed by atoms with E-state index in [0.29, 0.717) is 61.9 Å². The van der Waals surface area contributed by atoms with Crippen LogP contribution in [0.25, 0.3) is 21.7 Å². The molecule has 1 aromatic heterocycles. The number of carbonyl (C=O) groups excluding carboxylic acids is 3. The smallest absolute Gasteiger partial charge is 0.341 e. The number of fused-ring (bicyclic) bond motifs is 1. The molecule has 23 heteroatoms. The van der Waals surface area contributed by atoms with Gasteiger partial charge in [0, 0.05) is 126 Å². The Hall–Kier alpha value is -7.44. The van der Waals surface area contributed by atoms with Crippen LogP contribution in [0.4, 0.5) is 15.8 Å². The number of hydrogen-bond acceptors (Lipinski definition) is 19. The van der Waals surface area contributed by atoms with Crippen molar-refractivity contribution in [1.82, 2.24) is 14.4 Å². The Kier molecular flexibility index (Phi) is 18.4. The van der Waals surface area contributed by atoms with Crippen molar-refractivity contribution in [3.63, 3.8) is 0 Å². The number of aromatic hydroxyl groups is 2. The van der Waals surface area contributed by atoms with Gasteiger partial charge in [0.05, 0.1) is 57.8 Å². The number of anilines is 2. The lowest BCUT2D eigenvalue weighted by Crippen LogP contribution is -2.46. The largest absolute Gasteiger partial charge is 0.507 e. The summed E-state index contributed by atoms with van der Waals surface area (Å²) in [5.74, 6) is -7.99. The number of halogens is 1. The van der Waals surface area contributed by atoms with E-state index in [4.69, 9.17) is 33.7 Å². The highest BCUT2D eigenvalue weighted by Crippen LogP contribution is 2.50. The second-order valence-corrected chi connectivity index (χ2v) is 24.9. The molecule has 10 rings (SSSR count). The molecule has 7 heterocycles. The molecule has 2 fully saturated rings. The van der Waals surface area contributed by atoms with Crippen molar-refractivity contribution in [1.29, 1.82) is 0 Å². The molecule has 0 aliphatic carbocycles. The second kappa shape index (κ2) is 25.0. The summed E-state index contributed by atoms with van der Waals surface area (Å²) in [5, 5.41) is 59.5. The van der Waals surface area contributed by atoms with Crippen LogP contribution < -0.4 is 35.8 Å². The number of likely N-dealkylation sites (tertiary alicyclic amines) is 1. The number of benzene rings is 3. The Morgan fingerprint density at radius 2 is 1.56 bits per heavy atom. The number of nitrogens with zero attached hydrogens (tertiary/aromatic N) is 6. The van der Waals surface area contributed by atoms with E-state index in [2.05, 4.69) is 29.0 Å². The van der Waals surface area contributed by atoms with Crippen LogP contribution in [-0.2, 0) is 23.8 Å². The third-order valence-electron chi connectivity index (χ3n) is 18.1. The summed E-state index contributed by atoms with van der Waals surface area (Å²) in [6, 6.07) is 0.994. The fraction of sp³-hybridized carbons (Fsp3) is 0.547. The van der Waals surface area contributed by atoms with Gasteiger partial charge in [0.15, 0.2) is 23.0 Å². The lowest BCUT2D eigenvalue weighted by Gasteiger charge is -2.38. The van der Waals surface area contributed by atoms with E-state index < -0.39 is 100 Å². The number of carboxylic acid groups (broad SMARTS) is 1. The number of allylic oxidation sites excluding steroid dienone is 2. The number of likely N-dealkylation sites (N-methyl/N-ethyl adjacent to an activating group) is 1. The van der Waals surface area contributed by atoms with Crippen molar-refractivity contribution >= 4 is 56.7 Å². The Morgan fingerprint density at radius 3 is 2.20 bits per heavy atom. The number of pyridine rings is 1. The van der Waals surface area contributed by atoms with Crippen LogP contribution in [0.5, 0.6) is 23.0 Å². The third-order valence-corrected chi connectivity index (χ3v) is 18.1. The van der Waals surface area contributed by atoms with Gasteiger partial charge in [0.2, 0.25) is 5.43 Å². The topological polar surface area (TPSA) is 284 Å². The van der Waals surface area contributed by atoms with Crippen molar-refractivity contribution in [2.24, 2.45) is 39.6 Å². The van der Waals surface area contributed by atoms with Crippen LogP contribution in [0, 0.1) is 42.3 Å². The molecule has 4 bridgehead atoms. The molecule has 6 aliphatic heterocycles. The van der Waals surface area contributed by atoms with Gasteiger partial charge < -0.3 is 73.8 Å². The fourth-order valence-corrected chi connectivity index (χ4v) is 12.9. The highest BCUT2D eigenvalue weighted by molar-refractivity contribution is 6.19. The number of phenols is 2. The summed E-state index contributed by atoms with van der Waals surface area (Å²) >= 11 is 0. The summed E-state index contributed by atoms with van der Waals surface area (Å²) in [6.07, 6.45) is 6.38. The van der Waals surface area contributed by atoms with Crippen molar-refractivity contribution in [3.8, 4) is 23.0 Å². The third kappa shape index (κ3) is 12.0. The van der Waals surface area contributed by atoms with Crippen molar-refractivity contribution < 1.29 is 72.8 Å². The number of phenolic OH excluding ortho intramolecular Hbond substituents is 2. The van der Waals surface area contributed by atoms with Gasteiger partial charge in [-0.05, 0) is 45.9 Å². The van der Waals surface area contributed by atoms with E-state index in [-0.39, 0.29) is 79.0 Å². The average Bonchev–Trinajstić information content (AvgIpc) is 1.62. The molecule has 6 aliphatic rings. The number of methoxy groups -OCH3 is 1. The summed E-state index contributed by atoms with van der Waals surface area (Å²) in [6.45, 7) is 24.6. The van der Waals surface area contributed by atoms with Crippen LogP contribution in [0.1, 0.15) is 114 Å². The number of piperazine rings is 1. The SMILES string of the molecule is CO[C@H]1/C=C\O[C@@]2(C)Oc3c(C)c(O)c4c(O)c(c5c(c4c3C2=O)=NC2(CCN(CC(C)C)CC2)N=5)NC(=O)/C(C)=C/C=C\[C@H](C)[C@H](O)[C@@H](C)[C@@H](O)[C@@H](C)[C@@H](OC(C)=O)[C@H]1C.C[C@H]1COc2c(N3CCN(C)CC3)c(F)cc3c(=O)c(C(=O)O)cn1c23. The minimum Gasteiger partial charge on any atom is -0.507 e. The molecule has 2 saturated heterocycles. The number of aliphatic hydroxyl groups is 2. The number of ether oxygens (including phenoxy) is 5. The maximum absolute atomic E-state index is 15.0. The highest BCUT2D eigenvalue weighted by atomic mass is 19.1. The minimum absolute atomic E-state index is 0.0364. The lowest BCUT2D eigenvalue weighted by atomic mass is 9.78. The Bertz CT molecular complexity index is 3700. The zero-order chi connectivity index (χ0) is 63.5. The molecular weight excluding hydrogens is 1130 g/mol. The van der Waals surface area contributed by atoms with Crippen LogP contribution in [0.15, 0.2) is 63.2 Å². The van der Waals surface area contributed by atoms with Gasteiger partial charge >= 0.3 is 17.7 Å². The van der Waals surface area contributed by atoms with Crippen LogP contribution in [0.2, 0.25) is 0 Å². The van der Waals surface area contributed by atoms with Crippen molar-refractivity contribution in [2.75, 3.05) is 76.8 Å². The number of Topliss-reactive ketones (excluding diaryl/α,β-unsaturated/α-hetero) is 1. The molecule has 4 aromatic rings. The molecule has 1 spiro atoms. The molecule has 470 valence electrons. The fourth-order valence-electron chi connectivity index (χ4n) is 12.9. The minimum atomic E-state index is -1.96. The Morgan fingerprint density at radius 1 is 0.897 bits per heavy atom. The maximum Gasteiger partial charge on any atom is 0.341 e. The van der Waals surface area contributed by atoms with E-state index in [1.807, 2.05) is 18.9 Å². The Balaban J connectivity index is 0.000000286. The number of carboxylic acids is 1. The van der Waals surface area contributed by atoms with Crippen LogP contribution >= 0.6 is 0 Å². The summed E-state index contributed by atoms with van der Waals surface area (Å²) < 4.78 is 46.5.